The second kappa shape index (κ2) is 14.6. The summed E-state index contributed by atoms with van der Waals surface area (Å²) in [6, 6.07) is 13.0. The highest BCUT2D eigenvalue weighted by molar-refractivity contribution is 6.31. The Morgan fingerprint density at radius 3 is 2.39 bits per heavy atom. The van der Waals surface area contributed by atoms with Crippen LogP contribution in [-0.2, 0) is 20.4 Å². The van der Waals surface area contributed by atoms with Crippen molar-refractivity contribution < 1.29 is 37.0 Å². The molecule has 0 aliphatic carbocycles. The number of hydrogen-bond acceptors (Lipinski definition) is 8. The fourth-order valence-electron chi connectivity index (χ4n) is 5.97. The van der Waals surface area contributed by atoms with E-state index >= 15 is 0 Å². The molecule has 10 nitrogen and oxygen atoms in total. The van der Waals surface area contributed by atoms with E-state index in [2.05, 4.69) is 10.00 Å². The summed E-state index contributed by atoms with van der Waals surface area (Å²) in [5.41, 5.74) is 1.96. The van der Waals surface area contributed by atoms with Crippen molar-refractivity contribution in [1.29, 1.82) is 0 Å². The number of benzene rings is 2. The summed E-state index contributed by atoms with van der Waals surface area (Å²) in [5, 5.41) is 4.54. The van der Waals surface area contributed by atoms with E-state index < -0.39 is 29.4 Å². The number of methoxy groups -OCH3 is 1. The molecule has 3 aromatic rings. The van der Waals surface area contributed by atoms with E-state index in [4.69, 9.17) is 25.8 Å². The Kier molecular flexibility index (Phi) is 10.6. The van der Waals surface area contributed by atoms with Gasteiger partial charge in [-0.05, 0) is 49.6 Å². The number of alkyl halides is 3. The molecular weight excluding hydrogens is 627 g/mol. The summed E-state index contributed by atoms with van der Waals surface area (Å²) in [6.45, 7) is 5.33. The normalized spacial score (nSPS) is 17.3. The Bertz CT molecular complexity index is 1510. The third-order valence-electron chi connectivity index (χ3n) is 8.20. The van der Waals surface area contributed by atoms with Crippen molar-refractivity contribution in [3.8, 4) is 11.1 Å². The fraction of sp³-hybridized carbons (Fsp3) is 0.469. The van der Waals surface area contributed by atoms with E-state index in [0.717, 1.165) is 33.4 Å². The van der Waals surface area contributed by atoms with Crippen LogP contribution in [0.1, 0.15) is 41.9 Å². The molecule has 2 aliphatic heterocycles. The zero-order valence-corrected chi connectivity index (χ0v) is 26.5. The number of carbonyl (C=O) groups excluding carboxylic acids is 2. The number of hydrogen-bond donors (Lipinski definition) is 0. The van der Waals surface area contributed by atoms with Crippen LogP contribution in [0.2, 0.25) is 5.02 Å². The number of piperazine rings is 1. The lowest BCUT2D eigenvalue weighted by Gasteiger charge is -2.36. The maximum Gasteiger partial charge on any atom is 0.433 e. The standard InChI is InChI=1S/C32H37ClF3N5O5/c1-3-45-30(42)27-20-37-41(29(27)32(34,35)36)25-5-4-12-40(21-25)28-19-23(33)8-11-26(28)22-6-9-24(10-7-22)38-13-15-39(16-14-38)31(43)46-18-17-44-2/h6-11,19-20,25H,3-5,12-18,21H2,1-2H3. The first-order valence-corrected chi connectivity index (χ1v) is 15.6. The van der Waals surface area contributed by atoms with Crippen molar-refractivity contribution in [2.24, 2.45) is 0 Å². The minimum atomic E-state index is -4.79. The molecule has 1 unspecified atom stereocenters. The van der Waals surface area contributed by atoms with Crippen molar-refractivity contribution in [3.05, 3.63) is 64.9 Å². The van der Waals surface area contributed by atoms with Gasteiger partial charge in [0.1, 0.15) is 12.2 Å². The summed E-state index contributed by atoms with van der Waals surface area (Å²) < 4.78 is 58.6. The summed E-state index contributed by atoms with van der Waals surface area (Å²) >= 11 is 6.43. The number of amides is 1. The van der Waals surface area contributed by atoms with Crippen LogP contribution in [0.3, 0.4) is 0 Å². The second-order valence-corrected chi connectivity index (χ2v) is 11.5. The number of anilines is 2. The number of halogens is 4. The van der Waals surface area contributed by atoms with Gasteiger partial charge in [0.25, 0.3) is 0 Å². The minimum absolute atomic E-state index is 0.0419. The Morgan fingerprint density at radius 2 is 1.72 bits per heavy atom. The smallest absolute Gasteiger partial charge is 0.433 e. The Hall–Kier alpha value is -3.97. The van der Waals surface area contributed by atoms with Crippen molar-refractivity contribution in [3.63, 3.8) is 0 Å². The molecule has 0 saturated carbocycles. The predicted octanol–water partition coefficient (Wildman–Crippen LogP) is 6.15. The lowest BCUT2D eigenvalue weighted by atomic mass is 9.99. The molecule has 0 radical (unpaired) electrons. The van der Waals surface area contributed by atoms with E-state index in [9.17, 15) is 22.8 Å². The molecule has 0 spiro atoms. The number of ether oxygens (including phenoxy) is 3. The maximum atomic E-state index is 14.2. The molecule has 2 aliphatic rings. The molecule has 2 saturated heterocycles. The third-order valence-corrected chi connectivity index (χ3v) is 8.43. The van der Waals surface area contributed by atoms with Gasteiger partial charge in [-0.25, -0.2) is 9.59 Å². The second-order valence-electron chi connectivity index (χ2n) is 11.1. The number of rotatable bonds is 9. The van der Waals surface area contributed by atoms with Crippen molar-refractivity contribution in [2.45, 2.75) is 32.0 Å². The number of aromatic nitrogens is 2. The van der Waals surface area contributed by atoms with Crippen LogP contribution in [0.15, 0.2) is 48.7 Å². The van der Waals surface area contributed by atoms with Crippen LogP contribution in [0.25, 0.3) is 11.1 Å². The molecule has 3 heterocycles. The van der Waals surface area contributed by atoms with Crippen molar-refractivity contribution in [2.75, 3.05) is 76.0 Å². The summed E-state index contributed by atoms with van der Waals surface area (Å²) in [7, 11) is 1.55. The van der Waals surface area contributed by atoms with E-state index in [1.807, 2.05) is 41.3 Å². The summed E-state index contributed by atoms with van der Waals surface area (Å²) in [6.07, 6.45) is -3.10. The van der Waals surface area contributed by atoms with Gasteiger partial charge in [-0.1, -0.05) is 29.8 Å². The first kappa shape index (κ1) is 33.4. The molecule has 1 amide bonds. The lowest BCUT2D eigenvalue weighted by Crippen LogP contribution is -2.49. The van der Waals surface area contributed by atoms with Gasteiger partial charge in [0.05, 0.1) is 25.5 Å². The number of esters is 1. The average Bonchev–Trinajstić information content (AvgIpc) is 3.52. The number of nitrogens with zero attached hydrogens (tertiary/aromatic N) is 5. The molecule has 1 aromatic heterocycles. The van der Waals surface area contributed by atoms with Crippen LogP contribution in [0.5, 0.6) is 0 Å². The molecular formula is C32H37ClF3N5O5. The quantitative estimate of drug-likeness (QED) is 0.199. The molecule has 1 atom stereocenters. The molecule has 0 bridgehead atoms. The molecule has 248 valence electrons. The zero-order chi connectivity index (χ0) is 32.8. The Morgan fingerprint density at radius 1 is 0.978 bits per heavy atom. The van der Waals surface area contributed by atoms with E-state index in [-0.39, 0.29) is 25.9 Å². The van der Waals surface area contributed by atoms with E-state index in [0.29, 0.717) is 57.2 Å². The fourth-order valence-corrected chi connectivity index (χ4v) is 6.13. The van der Waals surface area contributed by atoms with E-state index in [1.54, 1.807) is 18.1 Å². The lowest BCUT2D eigenvalue weighted by molar-refractivity contribution is -0.145. The van der Waals surface area contributed by atoms with Gasteiger partial charge in [-0.2, -0.15) is 18.3 Å². The van der Waals surface area contributed by atoms with Gasteiger partial charge in [-0.3, -0.25) is 4.68 Å². The van der Waals surface area contributed by atoms with Crippen LogP contribution in [0.4, 0.5) is 29.3 Å². The van der Waals surface area contributed by atoms with Gasteiger partial charge in [-0.15, -0.1) is 0 Å². The molecule has 0 N–H and O–H groups in total. The number of piperidine rings is 1. The highest BCUT2D eigenvalue weighted by atomic mass is 35.5. The van der Waals surface area contributed by atoms with Crippen LogP contribution in [0, 0.1) is 0 Å². The monoisotopic (exact) mass is 663 g/mol. The maximum absolute atomic E-state index is 14.2. The van der Waals surface area contributed by atoms with Crippen LogP contribution < -0.4 is 9.80 Å². The Labute approximate surface area is 270 Å². The van der Waals surface area contributed by atoms with Crippen molar-refractivity contribution in [1.82, 2.24) is 14.7 Å². The first-order chi connectivity index (χ1) is 22.1. The third kappa shape index (κ3) is 7.52. The average molecular weight is 664 g/mol. The highest BCUT2D eigenvalue weighted by Crippen LogP contribution is 2.39. The summed E-state index contributed by atoms with van der Waals surface area (Å²) in [4.78, 5) is 30.5. The molecule has 2 aromatic carbocycles. The van der Waals surface area contributed by atoms with Gasteiger partial charge in [0, 0.05) is 68.3 Å². The van der Waals surface area contributed by atoms with Crippen LogP contribution >= 0.6 is 11.6 Å². The molecule has 2 fully saturated rings. The van der Waals surface area contributed by atoms with Crippen molar-refractivity contribution >= 4 is 35.0 Å². The SMILES string of the molecule is CCOC(=O)c1cnn(C2CCCN(c3cc(Cl)ccc3-c3ccc(N4CCN(C(=O)OCCOC)CC4)cc3)C2)c1C(F)(F)F. The van der Waals surface area contributed by atoms with Gasteiger partial charge >= 0.3 is 18.2 Å². The Balaban J connectivity index is 1.32. The molecule has 14 heteroatoms. The summed E-state index contributed by atoms with van der Waals surface area (Å²) in [5.74, 6) is -1.04. The molecule has 5 rings (SSSR count). The van der Waals surface area contributed by atoms with Gasteiger partial charge < -0.3 is 28.9 Å². The topological polar surface area (TPSA) is 89.4 Å². The minimum Gasteiger partial charge on any atom is -0.462 e. The predicted molar refractivity (Wildman–Crippen MR) is 168 cm³/mol. The largest absolute Gasteiger partial charge is 0.462 e. The first-order valence-electron chi connectivity index (χ1n) is 15.2. The van der Waals surface area contributed by atoms with Crippen LogP contribution in [-0.4, -0.2) is 92.9 Å². The molecule has 46 heavy (non-hydrogen) atoms. The van der Waals surface area contributed by atoms with Gasteiger partial charge in [0.2, 0.25) is 0 Å². The highest BCUT2D eigenvalue weighted by Gasteiger charge is 2.42. The van der Waals surface area contributed by atoms with Gasteiger partial charge in [0.15, 0.2) is 5.69 Å². The number of carbonyl (C=O) groups is 2. The zero-order valence-electron chi connectivity index (χ0n) is 25.8. The van der Waals surface area contributed by atoms with E-state index in [1.165, 1.54) is 6.92 Å².